The van der Waals surface area contributed by atoms with Crippen LogP contribution in [0.15, 0.2) is 61.3 Å². The highest BCUT2D eigenvalue weighted by molar-refractivity contribution is 6.15. The lowest BCUT2D eigenvalue weighted by Crippen LogP contribution is -2.07. The van der Waals surface area contributed by atoms with Crippen molar-refractivity contribution in [2.45, 2.75) is 0 Å². The highest BCUT2D eigenvalue weighted by atomic mass is 16.1. The fraction of sp³-hybridized carbons (Fsp3) is 0. The fourth-order valence-corrected chi connectivity index (χ4v) is 2.20. The molecule has 0 radical (unpaired) electrons. The summed E-state index contributed by atoms with van der Waals surface area (Å²) in [6.07, 6.45) is 3.11. The first kappa shape index (κ1) is 11.4. The zero-order chi connectivity index (χ0) is 13.2. The van der Waals surface area contributed by atoms with E-state index in [4.69, 9.17) is 0 Å². The minimum atomic E-state index is -0.222. The van der Waals surface area contributed by atoms with Crippen molar-refractivity contribution in [1.82, 2.24) is 4.98 Å². The van der Waals surface area contributed by atoms with Crippen LogP contribution < -0.4 is 5.32 Å². The lowest BCUT2D eigenvalue weighted by atomic mass is 10.1. The van der Waals surface area contributed by atoms with Crippen LogP contribution in [-0.2, 0) is 4.79 Å². The summed E-state index contributed by atoms with van der Waals surface area (Å²) in [6.45, 7) is 3.47. The van der Waals surface area contributed by atoms with Gasteiger partial charge >= 0.3 is 0 Å². The van der Waals surface area contributed by atoms with Gasteiger partial charge in [0.1, 0.15) is 0 Å². The van der Waals surface area contributed by atoms with Crippen molar-refractivity contribution in [2.75, 3.05) is 5.32 Å². The Morgan fingerprint density at radius 2 is 2.00 bits per heavy atom. The maximum Gasteiger partial charge on any atom is 0.247 e. The van der Waals surface area contributed by atoms with Gasteiger partial charge in [-0.25, -0.2) is 0 Å². The van der Waals surface area contributed by atoms with Crippen molar-refractivity contribution in [1.29, 1.82) is 0 Å². The van der Waals surface area contributed by atoms with Crippen molar-refractivity contribution in [3.63, 3.8) is 0 Å². The zero-order valence-corrected chi connectivity index (χ0v) is 10.3. The van der Waals surface area contributed by atoms with Gasteiger partial charge in [0, 0.05) is 17.0 Å². The Morgan fingerprint density at radius 1 is 1.16 bits per heavy atom. The smallest absolute Gasteiger partial charge is 0.247 e. The molecule has 3 heteroatoms. The Bertz CT molecular complexity index is 793. The van der Waals surface area contributed by atoms with Gasteiger partial charge in [0.25, 0.3) is 0 Å². The SMILES string of the molecule is C=CC(=O)Nc1cccc2ncc3ccccc3c12. The van der Waals surface area contributed by atoms with Gasteiger partial charge in [-0.3, -0.25) is 9.78 Å². The van der Waals surface area contributed by atoms with Crippen molar-refractivity contribution >= 4 is 33.3 Å². The number of amides is 1. The largest absolute Gasteiger partial charge is 0.322 e. The number of carbonyl (C=O) groups excluding carboxylic acids is 1. The number of hydrogen-bond acceptors (Lipinski definition) is 2. The topological polar surface area (TPSA) is 42.0 Å². The van der Waals surface area contributed by atoms with Crippen LogP contribution in [0.3, 0.4) is 0 Å². The van der Waals surface area contributed by atoms with Crippen LogP contribution in [0.5, 0.6) is 0 Å². The Morgan fingerprint density at radius 3 is 2.84 bits per heavy atom. The number of nitrogens with one attached hydrogen (secondary N) is 1. The highest BCUT2D eigenvalue weighted by Crippen LogP contribution is 2.29. The first-order chi connectivity index (χ1) is 9.29. The summed E-state index contributed by atoms with van der Waals surface area (Å²) in [5.74, 6) is -0.222. The maximum atomic E-state index is 11.5. The molecule has 0 fully saturated rings. The Kier molecular flexibility index (Phi) is 2.72. The number of fused-ring (bicyclic) bond motifs is 3. The molecule has 1 N–H and O–H groups in total. The second-order valence-corrected chi connectivity index (χ2v) is 4.24. The van der Waals surface area contributed by atoms with Gasteiger partial charge in [0.05, 0.1) is 11.2 Å². The van der Waals surface area contributed by atoms with E-state index in [9.17, 15) is 4.79 Å². The van der Waals surface area contributed by atoms with E-state index in [1.165, 1.54) is 6.08 Å². The molecule has 19 heavy (non-hydrogen) atoms. The van der Waals surface area contributed by atoms with Crippen molar-refractivity contribution < 1.29 is 4.79 Å². The third-order valence-corrected chi connectivity index (χ3v) is 3.06. The van der Waals surface area contributed by atoms with Crippen LogP contribution in [0.4, 0.5) is 5.69 Å². The minimum Gasteiger partial charge on any atom is -0.322 e. The number of benzene rings is 2. The van der Waals surface area contributed by atoms with Gasteiger partial charge in [-0.05, 0) is 23.6 Å². The van der Waals surface area contributed by atoms with E-state index in [-0.39, 0.29) is 5.91 Å². The molecule has 0 unspecified atom stereocenters. The average molecular weight is 248 g/mol. The fourth-order valence-electron chi connectivity index (χ4n) is 2.20. The summed E-state index contributed by atoms with van der Waals surface area (Å²) < 4.78 is 0. The van der Waals surface area contributed by atoms with Crippen LogP contribution in [0.25, 0.3) is 21.7 Å². The molecule has 1 heterocycles. The van der Waals surface area contributed by atoms with E-state index < -0.39 is 0 Å². The molecule has 0 saturated carbocycles. The standard InChI is InChI=1S/C16H12N2O/c1-2-15(19)18-14-9-5-8-13-16(14)12-7-4-3-6-11(12)10-17-13/h2-10H,1H2,(H,18,19). The third kappa shape index (κ3) is 1.95. The third-order valence-electron chi connectivity index (χ3n) is 3.06. The Balaban J connectivity index is 2.35. The van der Waals surface area contributed by atoms with E-state index >= 15 is 0 Å². The molecule has 0 aliphatic rings. The van der Waals surface area contributed by atoms with E-state index in [1.807, 2.05) is 48.7 Å². The van der Waals surface area contributed by atoms with Gasteiger partial charge in [0.15, 0.2) is 0 Å². The second-order valence-electron chi connectivity index (χ2n) is 4.24. The van der Waals surface area contributed by atoms with Gasteiger partial charge < -0.3 is 5.32 Å². The highest BCUT2D eigenvalue weighted by Gasteiger charge is 2.07. The molecule has 2 aromatic carbocycles. The summed E-state index contributed by atoms with van der Waals surface area (Å²) >= 11 is 0. The summed E-state index contributed by atoms with van der Waals surface area (Å²) in [6, 6.07) is 13.7. The van der Waals surface area contributed by atoms with Gasteiger partial charge in [-0.1, -0.05) is 36.9 Å². The van der Waals surface area contributed by atoms with Gasteiger partial charge in [-0.2, -0.15) is 0 Å². The predicted octanol–water partition coefficient (Wildman–Crippen LogP) is 3.51. The number of anilines is 1. The monoisotopic (exact) mass is 248 g/mol. The number of carbonyl (C=O) groups is 1. The summed E-state index contributed by atoms with van der Waals surface area (Å²) in [5, 5.41) is 5.91. The normalized spacial score (nSPS) is 10.5. The van der Waals surface area contributed by atoms with E-state index in [1.54, 1.807) is 0 Å². The molecule has 0 bridgehead atoms. The zero-order valence-electron chi connectivity index (χ0n) is 10.3. The van der Waals surface area contributed by atoms with Crippen LogP contribution >= 0.6 is 0 Å². The quantitative estimate of drug-likeness (QED) is 0.557. The molecule has 0 aliphatic heterocycles. The van der Waals surface area contributed by atoms with Gasteiger partial charge in [0.2, 0.25) is 5.91 Å². The molecule has 0 atom stereocenters. The number of aromatic nitrogens is 1. The van der Waals surface area contributed by atoms with Gasteiger partial charge in [-0.15, -0.1) is 0 Å². The number of pyridine rings is 1. The Hall–Kier alpha value is -2.68. The molecule has 92 valence electrons. The number of hydrogen-bond donors (Lipinski definition) is 1. The lowest BCUT2D eigenvalue weighted by molar-refractivity contribution is -0.111. The maximum absolute atomic E-state index is 11.5. The number of rotatable bonds is 2. The molecule has 1 amide bonds. The van der Waals surface area contributed by atoms with E-state index in [0.717, 1.165) is 27.4 Å². The molecular formula is C16H12N2O. The minimum absolute atomic E-state index is 0.222. The first-order valence-electron chi connectivity index (χ1n) is 5.99. The van der Waals surface area contributed by atoms with Crippen LogP contribution in [0.2, 0.25) is 0 Å². The molecule has 3 rings (SSSR count). The Labute approximate surface area is 110 Å². The lowest BCUT2D eigenvalue weighted by Gasteiger charge is -2.09. The predicted molar refractivity (Wildman–Crippen MR) is 78.1 cm³/mol. The summed E-state index contributed by atoms with van der Waals surface area (Å²) in [4.78, 5) is 15.9. The second kappa shape index (κ2) is 4.53. The summed E-state index contributed by atoms with van der Waals surface area (Å²) in [5.41, 5.74) is 1.62. The molecule has 0 spiro atoms. The summed E-state index contributed by atoms with van der Waals surface area (Å²) in [7, 11) is 0. The molecular weight excluding hydrogens is 236 g/mol. The van der Waals surface area contributed by atoms with Crippen molar-refractivity contribution in [2.24, 2.45) is 0 Å². The van der Waals surface area contributed by atoms with E-state index in [0.29, 0.717) is 0 Å². The molecule has 1 aromatic heterocycles. The molecule has 0 saturated heterocycles. The molecule has 3 nitrogen and oxygen atoms in total. The van der Waals surface area contributed by atoms with E-state index in [2.05, 4.69) is 16.9 Å². The molecule has 3 aromatic rings. The first-order valence-corrected chi connectivity index (χ1v) is 5.99. The molecule has 0 aliphatic carbocycles. The number of nitrogens with zero attached hydrogens (tertiary/aromatic N) is 1. The van der Waals surface area contributed by atoms with Crippen LogP contribution in [0.1, 0.15) is 0 Å². The van der Waals surface area contributed by atoms with Crippen LogP contribution in [0, 0.1) is 0 Å². The van der Waals surface area contributed by atoms with Crippen molar-refractivity contribution in [3.05, 3.63) is 61.3 Å². The average Bonchev–Trinajstić information content (AvgIpc) is 2.47. The van der Waals surface area contributed by atoms with Crippen molar-refractivity contribution in [3.8, 4) is 0 Å². The van der Waals surface area contributed by atoms with Crippen LogP contribution in [-0.4, -0.2) is 10.9 Å².